The summed E-state index contributed by atoms with van der Waals surface area (Å²) in [5.41, 5.74) is 19.5. The van der Waals surface area contributed by atoms with E-state index in [1.165, 1.54) is 23.5 Å². The number of nitrogens with zero attached hydrogens (tertiary/aromatic N) is 2. The molecule has 0 heterocycles. The smallest absolute Gasteiger partial charge is 0.0880 e. The zero-order valence-corrected chi connectivity index (χ0v) is 16.0. The zero-order chi connectivity index (χ0) is 19.1. The van der Waals surface area contributed by atoms with Crippen LogP contribution in [0.15, 0.2) is 58.3 Å². The van der Waals surface area contributed by atoms with Crippen LogP contribution in [0, 0.1) is 34.5 Å². The van der Waals surface area contributed by atoms with Crippen LogP contribution in [0.3, 0.4) is 0 Å². The molecule has 2 rings (SSSR count). The second kappa shape index (κ2) is 9.40. The van der Waals surface area contributed by atoms with Gasteiger partial charge in [0.15, 0.2) is 0 Å². The van der Waals surface area contributed by atoms with Crippen LogP contribution in [-0.2, 0) is 0 Å². The van der Waals surface area contributed by atoms with E-state index in [1.54, 1.807) is 6.07 Å². The SMILES string of the molecule is CC(Sc1ccccc1N)C(C#N)C(C#N)C(N)Sc1ccccc1N. The van der Waals surface area contributed by atoms with Crippen molar-refractivity contribution in [1.29, 1.82) is 10.5 Å². The molecule has 0 saturated carbocycles. The van der Waals surface area contributed by atoms with Crippen molar-refractivity contribution >= 4 is 34.9 Å². The molecule has 0 radical (unpaired) electrons. The summed E-state index contributed by atoms with van der Waals surface area (Å²) < 4.78 is 0. The van der Waals surface area contributed by atoms with Gasteiger partial charge < -0.3 is 17.2 Å². The average molecular weight is 384 g/mol. The molecule has 0 bridgehead atoms. The number of para-hydroxylation sites is 2. The normalized spacial score (nSPS) is 15.2. The second-order valence-corrected chi connectivity index (χ2v) is 8.43. The van der Waals surface area contributed by atoms with Gasteiger partial charge in [0.05, 0.1) is 29.3 Å². The largest absolute Gasteiger partial charge is 0.398 e. The lowest BCUT2D eigenvalue weighted by Crippen LogP contribution is -2.35. The molecule has 0 amide bonds. The highest BCUT2D eigenvalue weighted by atomic mass is 32.2. The quantitative estimate of drug-likeness (QED) is 0.378. The van der Waals surface area contributed by atoms with E-state index < -0.39 is 17.2 Å². The Kier molecular flexibility index (Phi) is 7.23. The van der Waals surface area contributed by atoms with Crippen LogP contribution in [0.4, 0.5) is 11.4 Å². The van der Waals surface area contributed by atoms with Gasteiger partial charge in [0.2, 0.25) is 0 Å². The predicted octanol–water partition coefficient (Wildman–Crippen LogP) is 3.69. The molecule has 0 aliphatic rings. The van der Waals surface area contributed by atoms with E-state index in [9.17, 15) is 10.5 Å². The van der Waals surface area contributed by atoms with Crippen molar-refractivity contribution < 1.29 is 0 Å². The van der Waals surface area contributed by atoms with Gasteiger partial charge in [-0.25, -0.2) is 0 Å². The van der Waals surface area contributed by atoms with Gasteiger partial charge in [-0.15, -0.1) is 23.5 Å². The van der Waals surface area contributed by atoms with E-state index >= 15 is 0 Å². The molecule has 5 nitrogen and oxygen atoms in total. The molecule has 0 fully saturated rings. The number of nitriles is 2. The monoisotopic (exact) mass is 383 g/mol. The molecule has 26 heavy (non-hydrogen) atoms. The van der Waals surface area contributed by atoms with E-state index in [1.807, 2.05) is 49.4 Å². The predicted molar refractivity (Wildman–Crippen MR) is 109 cm³/mol. The topological polar surface area (TPSA) is 126 Å². The van der Waals surface area contributed by atoms with Gasteiger partial charge in [-0.3, -0.25) is 0 Å². The highest BCUT2D eigenvalue weighted by molar-refractivity contribution is 8.00. The number of hydrogen-bond donors (Lipinski definition) is 3. The van der Waals surface area contributed by atoms with Crippen molar-refractivity contribution in [3.63, 3.8) is 0 Å². The van der Waals surface area contributed by atoms with Gasteiger partial charge in [0.1, 0.15) is 0 Å². The van der Waals surface area contributed by atoms with Crippen molar-refractivity contribution in [2.24, 2.45) is 17.6 Å². The first-order valence-corrected chi connectivity index (χ1v) is 9.81. The number of hydrogen-bond acceptors (Lipinski definition) is 7. The van der Waals surface area contributed by atoms with Crippen LogP contribution in [0.1, 0.15) is 6.92 Å². The van der Waals surface area contributed by atoms with Crippen LogP contribution >= 0.6 is 23.5 Å². The minimum Gasteiger partial charge on any atom is -0.398 e. The Hall–Kier alpha value is -2.32. The van der Waals surface area contributed by atoms with Crippen LogP contribution in [0.2, 0.25) is 0 Å². The maximum Gasteiger partial charge on any atom is 0.0880 e. The summed E-state index contributed by atoms with van der Waals surface area (Å²) in [5.74, 6) is -1.19. The first-order valence-electron chi connectivity index (χ1n) is 8.05. The first kappa shape index (κ1) is 20.0. The van der Waals surface area contributed by atoms with Crippen molar-refractivity contribution in [2.75, 3.05) is 11.5 Å². The molecule has 134 valence electrons. The first-order chi connectivity index (χ1) is 12.5. The molecule has 2 aromatic rings. The molecule has 0 spiro atoms. The minimum atomic E-state index is -0.642. The lowest BCUT2D eigenvalue weighted by Gasteiger charge is -2.26. The van der Waals surface area contributed by atoms with Gasteiger partial charge in [0, 0.05) is 26.4 Å². The van der Waals surface area contributed by atoms with Crippen LogP contribution in [-0.4, -0.2) is 10.6 Å². The molecule has 7 heteroatoms. The summed E-state index contributed by atoms with van der Waals surface area (Å²) in [6.07, 6.45) is 0. The van der Waals surface area contributed by atoms with Crippen molar-refractivity contribution in [3.8, 4) is 12.1 Å². The van der Waals surface area contributed by atoms with Gasteiger partial charge in [-0.1, -0.05) is 31.2 Å². The van der Waals surface area contributed by atoms with Crippen molar-refractivity contribution in [2.45, 2.75) is 27.3 Å². The van der Waals surface area contributed by atoms with E-state index in [4.69, 9.17) is 17.2 Å². The molecule has 0 saturated heterocycles. The highest BCUT2D eigenvalue weighted by Crippen LogP contribution is 2.38. The number of rotatable bonds is 7. The molecule has 4 atom stereocenters. The summed E-state index contributed by atoms with van der Waals surface area (Å²) >= 11 is 2.80. The number of nitrogen functional groups attached to an aromatic ring is 2. The maximum atomic E-state index is 9.68. The molecule has 6 N–H and O–H groups in total. The van der Waals surface area contributed by atoms with Crippen LogP contribution in [0.25, 0.3) is 0 Å². The Morgan fingerprint density at radius 3 is 1.73 bits per heavy atom. The van der Waals surface area contributed by atoms with E-state index in [0.29, 0.717) is 11.4 Å². The highest BCUT2D eigenvalue weighted by Gasteiger charge is 2.33. The lowest BCUT2D eigenvalue weighted by molar-refractivity contribution is 0.479. The second-order valence-electron chi connectivity index (χ2n) is 5.79. The molecular weight excluding hydrogens is 362 g/mol. The molecule has 0 aliphatic carbocycles. The molecule has 0 aliphatic heterocycles. The third-order valence-corrected chi connectivity index (χ3v) is 6.44. The van der Waals surface area contributed by atoms with Crippen LogP contribution < -0.4 is 17.2 Å². The minimum absolute atomic E-state index is 0.144. The zero-order valence-electron chi connectivity index (χ0n) is 14.4. The summed E-state index contributed by atoms with van der Waals surface area (Å²) in [4.78, 5) is 1.70. The Balaban J connectivity index is 2.15. The maximum absolute atomic E-state index is 9.68. The Bertz CT molecular complexity index is 758. The Morgan fingerprint density at radius 1 is 0.808 bits per heavy atom. The fraction of sp³-hybridized carbons (Fsp3) is 0.263. The van der Waals surface area contributed by atoms with Gasteiger partial charge in [0.25, 0.3) is 0 Å². The number of thioether (sulfide) groups is 2. The van der Waals surface area contributed by atoms with Gasteiger partial charge >= 0.3 is 0 Å². The standard InChI is InChI=1S/C19H21N5S2/c1-12(25-17-8-4-2-6-15(17)22)13(10-20)14(11-21)19(24)26-18-9-5-3-7-16(18)23/h2-9,12-14,19H,22-24H2,1H3. The van der Waals surface area contributed by atoms with Crippen molar-refractivity contribution in [3.05, 3.63) is 48.5 Å². The van der Waals surface area contributed by atoms with Crippen molar-refractivity contribution in [1.82, 2.24) is 0 Å². The number of anilines is 2. The third kappa shape index (κ3) is 4.86. The molecule has 0 aromatic heterocycles. The van der Waals surface area contributed by atoms with E-state index in [2.05, 4.69) is 12.1 Å². The summed E-state index contributed by atoms with van der Waals surface area (Å²) in [6, 6.07) is 19.3. The summed E-state index contributed by atoms with van der Waals surface area (Å²) in [5, 5.41) is 18.6. The number of nitrogens with two attached hydrogens (primary N) is 3. The molecule has 4 unspecified atom stereocenters. The number of benzene rings is 2. The van der Waals surface area contributed by atoms with E-state index in [-0.39, 0.29) is 5.25 Å². The summed E-state index contributed by atoms with van der Waals surface area (Å²) in [6.45, 7) is 1.92. The van der Waals surface area contributed by atoms with Gasteiger partial charge in [-0.2, -0.15) is 10.5 Å². The lowest BCUT2D eigenvalue weighted by atomic mass is 9.92. The molecular formula is C19H21N5S2. The average Bonchev–Trinajstić information content (AvgIpc) is 2.63. The fourth-order valence-corrected chi connectivity index (χ4v) is 4.67. The molecule has 2 aromatic carbocycles. The third-order valence-electron chi connectivity index (χ3n) is 3.96. The summed E-state index contributed by atoms with van der Waals surface area (Å²) in [7, 11) is 0. The van der Waals surface area contributed by atoms with Gasteiger partial charge in [-0.05, 0) is 24.3 Å². The Morgan fingerprint density at radius 2 is 1.27 bits per heavy atom. The fourth-order valence-electron chi connectivity index (χ4n) is 2.50. The van der Waals surface area contributed by atoms with Crippen LogP contribution in [0.5, 0.6) is 0 Å². The van der Waals surface area contributed by atoms with E-state index in [0.717, 1.165) is 9.79 Å². The Labute approximate surface area is 162 Å².